The van der Waals surface area contributed by atoms with Crippen molar-refractivity contribution in [1.82, 2.24) is 0 Å². The summed E-state index contributed by atoms with van der Waals surface area (Å²) in [6, 6.07) is 0. The van der Waals surface area contributed by atoms with E-state index in [0.717, 1.165) is 25.7 Å². The Labute approximate surface area is 170 Å². The summed E-state index contributed by atoms with van der Waals surface area (Å²) in [5.74, 6) is 0. The first-order valence-electron chi connectivity index (χ1n) is 12.0. The van der Waals surface area contributed by atoms with Crippen LogP contribution in [-0.2, 0) is 10.1 Å². The molecule has 0 heterocycles. The van der Waals surface area contributed by atoms with Gasteiger partial charge in [0.05, 0.1) is 10.1 Å². The summed E-state index contributed by atoms with van der Waals surface area (Å²) in [5, 5.41) is -0.647. The summed E-state index contributed by atoms with van der Waals surface area (Å²) < 4.78 is 34.5. The molecule has 0 aliphatic rings. The number of unbranched alkanes of at least 4 members (excludes halogenated alkanes) is 16. The molecule has 0 aromatic rings. The third-order valence-corrected chi connectivity index (χ3v) is 6.96. The van der Waals surface area contributed by atoms with Crippen molar-refractivity contribution in [1.29, 1.82) is 0 Å². The predicted octanol–water partition coefficient (Wildman–Crippen LogP) is 7.74. The van der Waals surface area contributed by atoms with Crippen molar-refractivity contribution >= 4 is 10.1 Å². The average Bonchev–Trinajstić information content (AvgIpc) is 2.62. The van der Waals surface area contributed by atoms with Gasteiger partial charge in [-0.2, -0.15) is 0 Å². The van der Waals surface area contributed by atoms with E-state index in [1.165, 1.54) is 89.9 Å². The quantitative estimate of drug-likeness (QED) is 0.145. The maximum atomic E-state index is 11.5. The van der Waals surface area contributed by atoms with Crippen LogP contribution in [0.2, 0.25) is 0 Å². The van der Waals surface area contributed by atoms with Crippen LogP contribution in [0, 0.1) is 0 Å². The first-order chi connectivity index (χ1) is 13.0. The maximum Gasteiger partial charge on any atom is 0.0975 e. The van der Waals surface area contributed by atoms with Crippen molar-refractivity contribution in [2.45, 2.75) is 148 Å². The lowest BCUT2D eigenvalue weighted by molar-refractivity contribution is 0.427. The first-order valence-corrected chi connectivity index (χ1v) is 13.4. The van der Waals surface area contributed by atoms with Gasteiger partial charge in [0.2, 0.25) is 0 Å². The molecule has 0 N–H and O–H groups in total. The van der Waals surface area contributed by atoms with E-state index >= 15 is 0 Å². The monoisotopic (exact) mass is 403 g/mol. The van der Waals surface area contributed by atoms with Gasteiger partial charge in [-0.25, -0.2) is 8.42 Å². The first kappa shape index (κ1) is 26.9. The highest BCUT2D eigenvalue weighted by Gasteiger charge is 2.15. The molecule has 0 aliphatic heterocycles. The fraction of sp³-hybridized carbons (Fsp3) is 1.00. The fourth-order valence-corrected chi connectivity index (χ4v) is 4.71. The molecule has 0 fully saturated rings. The second kappa shape index (κ2) is 19.2. The van der Waals surface area contributed by atoms with E-state index in [1.54, 1.807) is 0 Å². The molecule has 0 amide bonds. The summed E-state index contributed by atoms with van der Waals surface area (Å²) in [6.07, 6.45) is 23.0. The van der Waals surface area contributed by atoms with Gasteiger partial charge in [-0.15, -0.1) is 0 Å². The second-order valence-corrected chi connectivity index (χ2v) is 10.0. The van der Waals surface area contributed by atoms with Crippen LogP contribution in [0.25, 0.3) is 0 Å². The minimum absolute atomic E-state index is 0.568. The molecule has 0 aliphatic carbocycles. The summed E-state index contributed by atoms with van der Waals surface area (Å²) in [7, 11) is -4.13. The van der Waals surface area contributed by atoms with Gasteiger partial charge in [-0.3, -0.25) is 0 Å². The molecule has 27 heavy (non-hydrogen) atoms. The topological polar surface area (TPSA) is 57.2 Å². The highest BCUT2D eigenvalue weighted by Crippen LogP contribution is 2.19. The van der Waals surface area contributed by atoms with E-state index in [0.29, 0.717) is 12.8 Å². The maximum absolute atomic E-state index is 11.5. The molecule has 0 aromatic carbocycles. The summed E-state index contributed by atoms with van der Waals surface area (Å²) >= 11 is 0. The molecule has 0 radical (unpaired) electrons. The van der Waals surface area contributed by atoms with Crippen LogP contribution >= 0.6 is 0 Å². The van der Waals surface area contributed by atoms with Crippen molar-refractivity contribution in [2.24, 2.45) is 0 Å². The average molecular weight is 404 g/mol. The van der Waals surface area contributed by atoms with Crippen molar-refractivity contribution in [3.63, 3.8) is 0 Å². The lowest BCUT2D eigenvalue weighted by atomic mass is 10.0. The minimum Gasteiger partial charge on any atom is -0.748 e. The smallest absolute Gasteiger partial charge is 0.0975 e. The highest BCUT2D eigenvalue weighted by atomic mass is 32.2. The molecular formula is C23H47O3S-. The van der Waals surface area contributed by atoms with Gasteiger partial charge in [0.1, 0.15) is 0 Å². The molecule has 0 aromatic heterocycles. The number of hydrogen-bond acceptors (Lipinski definition) is 3. The van der Waals surface area contributed by atoms with Crippen molar-refractivity contribution in [3.8, 4) is 0 Å². The Morgan fingerprint density at radius 3 is 1.04 bits per heavy atom. The Hall–Kier alpha value is -0.0900. The molecule has 0 unspecified atom stereocenters. The highest BCUT2D eigenvalue weighted by molar-refractivity contribution is 7.86. The zero-order chi connectivity index (χ0) is 20.2. The molecule has 164 valence electrons. The third kappa shape index (κ3) is 19.0. The molecule has 0 saturated heterocycles. The Morgan fingerprint density at radius 1 is 0.519 bits per heavy atom. The Bertz CT molecular complexity index is 370. The second-order valence-electron chi connectivity index (χ2n) is 8.35. The van der Waals surface area contributed by atoms with Gasteiger partial charge in [-0.05, 0) is 12.8 Å². The molecule has 0 atom stereocenters. The molecule has 0 spiro atoms. The number of rotatable bonds is 21. The zero-order valence-electron chi connectivity index (χ0n) is 18.4. The number of hydrogen-bond donors (Lipinski definition) is 0. The fourth-order valence-electron chi connectivity index (χ4n) is 3.80. The van der Waals surface area contributed by atoms with E-state index in [4.69, 9.17) is 0 Å². The van der Waals surface area contributed by atoms with Crippen molar-refractivity contribution in [2.75, 3.05) is 0 Å². The summed E-state index contributed by atoms with van der Waals surface area (Å²) in [5.41, 5.74) is 0. The van der Waals surface area contributed by atoms with Crippen LogP contribution in [0.4, 0.5) is 0 Å². The van der Waals surface area contributed by atoms with E-state index in [-0.39, 0.29) is 0 Å². The van der Waals surface area contributed by atoms with Crippen molar-refractivity contribution in [3.05, 3.63) is 0 Å². The van der Waals surface area contributed by atoms with E-state index < -0.39 is 15.4 Å². The largest absolute Gasteiger partial charge is 0.748 e. The normalized spacial score (nSPS) is 12.1. The molecule has 0 rings (SSSR count). The van der Waals surface area contributed by atoms with Gasteiger partial charge < -0.3 is 4.55 Å². The van der Waals surface area contributed by atoms with Crippen molar-refractivity contribution < 1.29 is 13.0 Å². The molecular weight excluding hydrogens is 356 g/mol. The molecule has 0 saturated carbocycles. The van der Waals surface area contributed by atoms with Crippen LogP contribution in [0.1, 0.15) is 142 Å². The van der Waals surface area contributed by atoms with E-state index in [2.05, 4.69) is 13.8 Å². The lowest BCUT2D eigenvalue weighted by Gasteiger charge is -2.20. The lowest BCUT2D eigenvalue weighted by Crippen LogP contribution is -2.20. The minimum atomic E-state index is -4.13. The Kier molecular flexibility index (Phi) is 19.2. The van der Waals surface area contributed by atoms with Gasteiger partial charge in [0.25, 0.3) is 0 Å². The molecule has 3 nitrogen and oxygen atoms in total. The Balaban J connectivity index is 3.67. The third-order valence-electron chi connectivity index (χ3n) is 5.67. The van der Waals surface area contributed by atoms with Crippen LogP contribution in [0.5, 0.6) is 0 Å². The molecule has 0 bridgehead atoms. The van der Waals surface area contributed by atoms with Gasteiger partial charge >= 0.3 is 0 Å². The summed E-state index contributed by atoms with van der Waals surface area (Å²) in [6.45, 7) is 4.46. The molecule has 4 heteroatoms. The van der Waals surface area contributed by atoms with Crippen LogP contribution < -0.4 is 0 Å². The predicted molar refractivity (Wildman–Crippen MR) is 117 cm³/mol. The van der Waals surface area contributed by atoms with Crippen LogP contribution in [0.3, 0.4) is 0 Å². The van der Waals surface area contributed by atoms with Crippen LogP contribution in [-0.4, -0.2) is 18.2 Å². The van der Waals surface area contributed by atoms with E-state index in [1.807, 2.05) is 0 Å². The Morgan fingerprint density at radius 2 is 0.778 bits per heavy atom. The standard InChI is InChI=1S/C23H48O3S/c1-3-5-7-9-11-13-15-17-19-21-23(27(24,25)26)22-20-18-16-14-12-10-8-6-4-2/h23H,3-22H2,1-2H3,(H,24,25,26)/p-1. The SMILES string of the molecule is CCCCCCCCCCCC(CCCCCCCCCCC)S(=O)(=O)[O-]. The zero-order valence-corrected chi connectivity index (χ0v) is 19.2. The van der Waals surface area contributed by atoms with Crippen LogP contribution in [0.15, 0.2) is 0 Å². The van der Waals surface area contributed by atoms with E-state index in [9.17, 15) is 13.0 Å². The van der Waals surface area contributed by atoms with Gasteiger partial charge in [-0.1, -0.05) is 129 Å². The summed E-state index contributed by atoms with van der Waals surface area (Å²) in [4.78, 5) is 0. The van der Waals surface area contributed by atoms with Gasteiger partial charge in [0.15, 0.2) is 0 Å². The van der Waals surface area contributed by atoms with Gasteiger partial charge in [0, 0.05) is 5.25 Å².